The smallest absolute Gasteiger partial charge is 0.258 e. The summed E-state index contributed by atoms with van der Waals surface area (Å²) in [6, 6.07) is 14.4. The Morgan fingerprint density at radius 2 is 1.92 bits per heavy atom. The summed E-state index contributed by atoms with van der Waals surface area (Å²) in [6.07, 6.45) is 1.73. The van der Waals surface area contributed by atoms with Crippen LogP contribution in [0.4, 0.5) is 0 Å². The number of carbonyl (C=O) groups is 1. The summed E-state index contributed by atoms with van der Waals surface area (Å²) in [4.78, 5) is 24.4. The fraction of sp³-hybridized carbons (Fsp3) is 0.200. The van der Waals surface area contributed by atoms with Gasteiger partial charge in [0.15, 0.2) is 6.61 Å². The van der Waals surface area contributed by atoms with Gasteiger partial charge in [0.05, 0.1) is 5.39 Å². The highest BCUT2D eigenvalue weighted by molar-refractivity contribution is 6.31. The highest BCUT2D eigenvalue weighted by Crippen LogP contribution is 2.23. The Morgan fingerprint density at radius 3 is 2.69 bits per heavy atom. The molecule has 0 fully saturated rings. The number of amides is 1. The number of fused-ring (bicyclic) bond motifs is 1. The zero-order chi connectivity index (χ0) is 18.5. The van der Waals surface area contributed by atoms with Crippen LogP contribution in [0, 0.1) is 0 Å². The molecule has 0 saturated heterocycles. The summed E-state index contributed by atoms with van der Waals surface area (Å²) in [6.45, 7) is 2.71. The molecule has 5 nitrogen and oxygen atoms in total. The number of benzene rings is 2. The third kappa shape index (κ3) is 3.89. The van der Waals surface area contributed by atoms with Crippen LogP contribution in [-0.4, -0.2) is 17.1 Å². The van der Waals surface area contributed by atoms with Crippen molar-refractivity contribution in [1.29, 1.82) is 0 Å². The number of carbonyl (C=O) groups excluding carboxylic acids is 1. The SMILES string of the molecule is CCn1ccc2c(OCC(=O)NCc3ccccc3Cl)cccc2c1=O. The second-order valence-corrected chi connectivity index (χ2v) is 6.19. The van der Waals surface area contributed by atoms with Crippen molar-refractivity contribution < 1.29 is 9.53 Å². The van der Waals surface area contributed by atoms with Crippen molar-refractivity contribution in [1.82, 2.24) is 9.88 Å². The van der Waals surface area contributed by atoms with Crippen molar-refractivity contribution >= 4 is 28.3 Å². The molecular formula is C20H19ClN2O3. The molecule has 134 valence electrons. The first kappa shape index (κ1) is 18.0. The van der Waals surface area contributed by atoms with E-state index in [2.05, 4.69) is 5.32 Å². The van der Waals surface area contributed by atoms with Gasteiger partial charge >= 0.3 is 0 Å². The standard InChI is InChI=1S/C20H19ClN2O3/c1-2-23-11-10-15-16(20(23)25)7-5-9-18(15)26-13-19(24)22-12-14-6-3-4-8-17(14)21/h3-11H,2,12-13H2,1H3,(H,22,24). The fourth-order valence-electron chi connectivity index (χ4n) is 2.69. The number of rotatable bonds is 6. The Morgan fingerprint density at radius 1 is 1.12 bits per heavy atom. The highest BCUT2D eigenvalue weighted by atomic mass is 35.5. The Hall–Kier alpha value is -2.79. The van der Waals surface area contributed by atoms with E-state index in [0.717, 1.165) is 5.56 Å². The van der Waals surface area contributed by atoms with E-state index in [1.54, 1.807) is 35.0 Å². The second-order valence-electron chi connectivity index (χ2n) is 5.78. The molecule has 0 atom stereocenters. The quantitative estimate of drug-likeness (QED) is 0.723. The molecule has 1 N–H and O–H groups in total. The highest BCUT2D eigenvalue weighted by Gasteiger charge is 2.09. The van der Waals surface area contributed by atoms with Crippen LogP contribution in [0.5, 0.6) is 5.75 Å². The molecule has 0 bridgehead atoms. The molecule has 0 aliphatic rings. The van der Waals surface area contributed by atoms with Crippen molar-refractivity contribution in [2.45, 2.75) is 20.0 Å². The summed E-state index contributed by atoms with van der Waals surface area (Å²) >= 11 is 6.07. The van der Waals surface area contributed by atoms with Crippen LogP contribution in [0.1, 0.15) is 12.5 Å². The third-order valence-electron chi connectivity index (χ3n) is 4.11. The summed E-state index contributed by atoms with van der Waals surface area (Å²) < 4.78 is 7.26. The van der Waals surface area contributed by atoms with E-state index in [4.69, 9.17) is 16.3 Å². The molecular weight excluding hydrogens is 352 g/mol. The van der Waals surface area contributed by atoms with Gasteiger partial charge in [-0.05, 0) is 36.8 Å². The van der Waals surface area contributed by atoms with Crippen LogP contribution in [-0.2, 0) is 17.9 Å². The number of aromatic nitrogens is 1. The third-order valence-corrected chi connectivity index (χ3v) is 4.48. The summed E-state index contributed by atoms with van der Waals surface area (Å²) in [5, 5.41) is 4.65. The molecule has 0 saturated carbocycles. The number of halogens is 1. The molecule has 0 unspecified atom stereocenters. The minimum Gasteiger partial charge on any atom is -0.483 e. The van der Waals surface area contributed by atoms with E-state index < -0.39 is 0 Å². The maximum Gasteiger partial charge on any atom is 0.258 e. The minimum absolute atomic E-state index is 0.0707. The molecule has 1 amide bonds. The van der Waals surface area contributed by atoms with Gasteiger partial charge in [0.25, 0.3) is 11.5 Å². The van der Waals surface area contributed by atoms with E-state index in [1.807, 2.05) is 31.2 Å². The topological polar surface area (TPSA) is 60.3 Å². The molecule has 0 spiro atoms. The van der Waals surface area contributed by atoms with E-state index in [-0.39, 0.29) is 18.1 Å². The number of ether oxygens (including phenoxy) is 1. The minimum atomic E-state index is -0.260. The summed E-state index contributed by atoms with van der Waals surface area (Å²) in [7, 11) is 0. The lowest BCUT2D eigenvalue weighted by Crippen LogP contribution is -2.28. The molecule has 2 aromatic carbocycles. The predicted octanol–water partition coefficient (Wildman–Crippen LogP) is 3.37. The molecule has 0 aliphatic heterocycles. The van der Waals surface area contributed by atoms with Gasteiger partial charge in [0.2, 0.25) is 0 Å². The van der Waals surface area contributed by atoms with Gasteiger partial charge in [0, 0.05) is 29.7 Å². The zero-order valence-corrected chi connectivity index (χ0v) is 15.1. The molecule has 1 aromatic heterocycles. The molecule has 3 aromatic rings. The number of aryl methyl sites for hydroxylation is 1. The lowest BCUT2D eigenvalue weighted by atomic mass is 10.1. The average Bonchev–Trinajstić information content (AvgIpc) is 2.66. The maximum absolute atomic E-state index is 12.4. The second kappa shape index (κ2) is 8.06. The first-order valence-corrected chi connectivity index (χ1v) is 8.73. The predicted molar refractivity (Wildman–Crippen MR) is 103 cm³/mol. The average molecular weight is 371 g/mol. The van der Waals surface area contributed by atoms with Crippen molar-refractivity contribution in [2.24, 2.45) is 0 Å². The van der Waals surface area contributed by atoms with Crippen molar-refractivity contribution in [3.63, 3.8) is 0 Å². The van der Waals surface area contributed by atoms with Gasteiger partial charge in [-0.3, -0.25) is 9.59 Å². The molecule has 3 rings (SSSR count). The van der Waals surface area contributed by atoms with Crippen LogP contribution in [0.25, 0.3) is 10.8 Å². The van der Waals surface area contributed by atoms with Crippen LogP contribution in [0.3, 0.4) is 0 Å². The lowest BCUT2D eigenvalue weighted by Gasteiger charge is -2.11. The van der Waals surface area contributed by atoms with E-state index in [0.29, 0.717) is 34.6 Å². The molecule has 1 heterocycles. The largest absolute Gasteiger partial charge is 0.483 e. The number of hydrogen-bond donors (Lipinski definition) is 1. The van der Waals surface area contributed by atoms with E-state index >= 15 is 0 Å². The van der Waals surface area contributed by atoms with E-state index in [1.165, 1.54) is 0 Å². The van der Waals surface area contributed by atoms with E-state index in [9.17, 15) is 9.59 Å². The molecule has 6 heteroatoms. The van der Waals surface area contributed by atoms with Crippen LogP contribution >= 0.6 is 11.6 Å². The Balaban J connectivity index is 1.68. The number of nitrogens with one attached hydrogen (secondary N) is 1. The summed E-state index contributed by atoms with van der Waals surface area (Å²) in [5.41, 5.74) is 0.770. The molecule has 26 heavy (non-hydrogen) atoms. The Labute approximate surface area is 156 Å². The van der Waals surface area contributed by atoms with Gasteiger partial charge in [-0.15, -0.1) is 0 Å². The normalized spacial score (nSPS) is 10.7. The first-order valence-electron chi connectivity index (χ1n) is 8.35. The summed E-state index contributed by atoms with van der Waals surface area (Å²) in [5.74, 6) is 0.250. The Kier molecular flexibility index (Phi) is 5.58. The van der Waals surface area contributed by atoms with Crippen LogP contribution in [0.2, 0.25) is 5.02 Å². The van der Waals surface area contributed by atoms with Crippen LogP contribution < -0.4 is 15.6 Å². The first-order chi connectivity index (χ1) is 12.6. The van der Waals surface area contributed by atoms with Crippen molar-refractivity contribution in [3.8, 4) is 5.75 Å². The fourth-order valence-corrected chi connectivity index (χ4v) is 2.90. The number of hydrogen-bond acceptors (Lipinski definition) is 3. The number of pyridine rings is 1. The Bertz CT molecular complexity index is 998. The van der Waals surface area contributed by atoms with Crippen LogP contribution in [0.15, 0.2) is 59.5 Å². The van der Waals surface area contributed by atoms with Crippen molar-refractivity contribution in [2.75, 3.05) is 6.61 Å². The van der Waals surface area contributed by atoms with Gasteiger partial charge in [0.1, 0.15) is 5.75 Å². The molecule has 0 radical (unpaired) electrons. The maximum atomic E-state index is 12.4. The zero-order valence-electron chi connectivity index (χ0n) is 14.4. The van der Waals surface area contributed by atoms with Gasteiger partial charge in [-0.1, -0.05) is 35.9 Å². The monoisotopic (exact) mass is 370 g/mol. The molecule has 0 aliphatic carbocycles. The number of nitrogens with zero attached hydrogens (tertiary/aromatic N) is 1. The van der Waals surface area contributed by atoms with Crippen molar-refractivity contribution in [3.05, 3.63) is 75.7 Å². The lowest BCUT2D eigenvalue weighted by molar-refractivity contribution is -0.123. The van der Waals surface area contributed by atoms with Gasteiger partial charge < -0.3 is 14.6 Å². The van der Waals surface area contributed by atoms with Gasteiger partial charge in [-0.2, -0.15) is 0 Å². The van der Waals surface area contributed by atoms with Gasteiger partial charge in [-0.25, -0.2) is 0 Å².